The zero-order valence-corrected chi connectivity index (χ0v) is 12.5. The molecule has 0 aliphatic rings. The molecule has 0 aliphatic carbocycles. The SMILES string of the molecule is COCc1c(CNC(C)C)sc2ccc(Cl)cc12. The lowest BCUT2D eigenvalue weighted by atomic mass is 10.1. The molecule has 0 amide bonds. The van der Waals surface area contributed by atoms with E-state index in [0.29, 0.717) is 12.6 Å². The number of thiophene rings is 1. The zero-order chi connectivity index (χ0) is 13.1. The molecule has 1 heterocycles. The van der Waals surface area contributed by atoms with Crippen LogP contribution in [0.4, 0.5) is 0 Å². The molecule has 0 spiro atoms. The first-order valence-electron chi connectivity index (χ1n) is 6.04. The summed E-state index contributed by atoms with van der Waals surface area (Å²) in [6, 6.07) is 6.53. The van der Waals surface area contributed by atoms with E-state index in [0.717, 1.165) is 11.6 Å². The van der Waals surface area contributed by atoms with Gasteiger partial charge in [-0.15, -0.1) is 11.3 Å². The topological polar surface area (TPSA) is 21.3 Å². The number of methoxy groups -OCH3 is 1. The molecule has 2 rings (SSSR count). The summed E-state index contributed by atoms with van der Waals surface area (Å²) >= 11 is 7.89. The summed E-state index contributed by atoms with van der Waals surface area (Å²) in [6.07, 6.45) is 0. The molecule has 98 valence electrons. The molecule has 0 saturated carbocycles. The van der Waals surface area contributed by atoms with Crippen molar-refractivity contribution in [3.8, 4) is 0 Å². The van der Waals surface area contributed by atoms with Crippen molar-refractivity contribution < 1.29 is 4.74 Å². The Kier molecular flexibility index (Phi) is 4.62. The van der Waals surface area contributed by atoms with Crippen LogP contribution in [0.3, 0.4) is 0 Å². The largest absolute Gasteiger partial charge is 0.380 e. The van der Waals surface area contributed by atoms with Gasteiger partial charge in [0.2, 0.25) is 0 Å². The predicted octanol–water partition coefficient (Wildman–Crippen LogP) is 4.20. The third kappa shape index (κ3) is 3.04. The van der Waals surface area contributed by atoms with Gasteiger partial charge in [-0.1, -0.05) is 25.4 Å². The average molecular weight is 284 g/mol. The molecule has 1 aromatic heterocycles. The Bertz CT molecular complexity index is 536. The molecule has 0 bridgehead atoms. The van der Waals surface area contributed by atoms with Gasteiger partial charge in [-0.25, -0.2) is 0 Å². The highest BCUT2D eigenvalue weighted by Gasteiger charge is 2.12. The van der Waals surface area contributed by atoms with Crippen LogP contribution in [-0.2, 0) is 17.9 Å². The van der Waals surface area contributed by atoms with Crippen LogP contribution >= 0.6 is 22.9 Å². The van der Waals surface area contributed by atoms with Crippen molar-refractivity contribution >= 4 is 33.0 Å². The van der Waals surface area contributed by atoms with E-state index >= 15 is 0 Å². The lowest BCUT2D eigenvalue weighted by Crippen LogP contribution is -2.21. The van der Waals surface area contributed by atoms with Crippen LogP contribution in [-0.4, -0.2) is 13.2 Å². The highest BCUT2D eigenvalue weighted by atomic mass is 35.5. The highest BCUT2D eigenvalue weighted by Crippen LogP contribution is 2.33. The van der Waals surface area contributed by atoms with Crippen molar-refractivity contribution in [2.45, 2.75) is 33.0 Å². The fourth-order valence-corrected chi connectivity index (χ4v) is 3.23. The van der Waals surface area contributed by atoms with Crippen LogP contribution in [0.2, 0.25) is 5.02 Å². The lowest BCUT2D eigenvalue weighted by molar-refractivity contribution is 0.185. The molecule has 4 heteroatoms. The van der Waals surface area contributed by atoms with E-state index in [2.05, 4.69) is 25.2 Å². The number of halogens is 1. The molecular formula is C14H18ClNOS. The fraction of sp³-hybridized carbons (Fsp3) is 0.429. The number of ether oxygens (including phenoxy) is 1. The summed E-state index contributed by atoms with van der Waals surface area (Å²) in [7, 11) is 1.73. The quantitative estimate of drug-likeness (QED) is 0.888. The second-order valence-corrected chi connectivity index (χ2v) is 6.19. The van der Waals surface area contributed by atoms with E-state index in [1.807, 2.05) is 23.5 Å². The van der Waals surface area contributed by atoms with Crippen LogP contribution in [0, 0.1) is 0 Å². The Morgan fingerprint density at radius 1 is 1.39 bits per heavy atom. The highest BCUT2D eigenvalue weighted by molar-refractivity contribution is 7.19. The molecule has 1 N–H and O–H groups in total. The van der Waals surface area contributed by atoms with Crippen LogP contribution in [0.5, 0.6) is 0 Å². The number of rotatable bonds is 5. The number of hydrogen-bond donors (Lipinski definition) is 1. The number of fused-ring (bicyclic) bond motifs is 1. The minimum Gasteiger partial charge on any atom is -0.380 e. The van der Waals surface area contributed by atoms with Gasteiger partial charge in [0.1, 0.15) is 0 Å². The predicted molar refractivity (Wildman–Crippen MR) is 79.5 cm³/mol. The van der Waals surface area contributed by atoms with E-state index in [4.69, 9.17) is 16.3 Å². The van der Waals surface area contributed by atoms with Gasteiger partial charge >= 0.3 is 0 Å². The van der Waals surface area contributed by atoms with Gasteiger partial charge in [0.05, 0.1) is 6.61 Å². The zero-order valence-electron chi connectivity index (χ0n) is 10.9. The first-order chi connectivity index (χ1) is 8.61. The number of nitrogens with one attached hydrogen (secondary N) is 1. The Morgan fingerprint density at radius 2 is 2.17 bits per heavy atom. The average Bonchev–Trinajstić information content (AvgIpc) is 2.65. The van der Waals surface area contributed by atoms with Crippen LogP contribution in [0.1, 0.15) is 24.3 Å². The Hall–Kier alpha value is -0.610. The molecule has 2 nitrogen and oxygen atoms in total. The van der Waals surface area contributed by atoms with Gasteiger partial charge in [-0.3, -0.25) is 0 Å². The van der Waals surface area contributed by atoms with Crippen LogP contribution in [0.25, 0.3) is 10.1 Å². The maximum absolute atomic E-state index is 6.08. The van der Waals surface area contributed by atoms with Crippen LogP contribution < -0.4 is 5.32 Å². The molecule has 18 heavy (non-hydrogen) atoms. The van der Waals surface area contributed by atoms with Crippen LogP contribution in [0.15, 0.2) is 18.2 Å². The Labute approximate surface area is 117 Å². The summed E-state index contributed by atoms with van der Waals surface area (Å²) in [5.41, 5.74) is 1.26. The van der Waals surface area contributed by atoms with E-state index in [-0.39, 0.29) is 0 Å². The maximum atomic E-state index is 6.08. The van der Waals surface area contributed by atoms with Gasteiger partial charge in [0.15, 0.2) is 0 Å². The van der Waals surface area contributed by atoms with E-state index in [1.165, 1.54) is 20.5 Å². The van der Waals surface area contributed by atoms with Crippen molar-refractivity contribution in [1.29, 1.82) is 0 Å². The minimum atomic E-state index is 0.481. The second kappa shape index (κ2) is 6.02. The minimum absolute atomic E-state index is 0.481. The first-order valence-corrected chi connectivity index (χ1v) is 7.23. The van der Waals surface area contributed by atoms with Gasteiger partial charge in [-0.05, 0) is 23.6 Å². The molecule has 0 fully saturated rings. The van der Waals surface area contributed by atoms with Crippen molar-refractivity contribution in [3.05, 3.63) is 33.7 Å². The summed E-state index contributed by atoms with van der Waals surface area (Å²) < 4.78 is 6.59. The van der Waals surface area contributed by atoms with E-state index < -0.39 is 0 Å². The van der Waals surface area contributed by atoms with Crippen molar-refractivity contribution in [2.75, 3.05) is 7.11 Å². The third-order valence-corrected chi connectivity index (χ3v) is 4.24. The van der Waals surface area contributed by atoms with Crippen molar-refractivity contribution in [2.24, 2.45) is 0 Å². The standard InChI is InChI=1S/C14H18ClNOS/c1-9(2)16-7-14-12(8-17-3)11-6-10(15)4-5-13(11)18-14/h4-6,9,16H,7-8H2,1-3H3. The molecule has 2 aromatic rings. The smallest absolute Gasteiger partial charge is 0.0730 e. The summed E-state index contributed by atoms with van der Waals surface area (Å²) in [6.45, 7) is 5.82. The molecule has 0 aliphatic heterocycles. The van der Waals surface area contributed by atoms with E-state index in [1.54, 1.807) is 7.11 Å². The molecule has 0 saturated heterocycles. The Morgan fingerprint density at radius 3 is 2.83 bits per heavy atom. The number of hydrogen-bond acceptors (Lipinski definition) is 3. The van der Waals surface area contributed by atoms with E-state index in [9.17, 15) is 0 Å². The van der Waals surface area contributed by atoms with Gasteiger partial charge < -0.3 is 10.1 Å². The molecule has 0 radical (unpaired) electrons. The monoisotopic (exact) mass is 283 g/mol. The van der Waals surface area contributed by atoms with Crippen molar-refractivity contribution in [3.63, 3.8) is 0 Å². The van der Waals surface area contributed by atoms with Gasteiger partial charge in [-0.2, -0.15) is 0 Å². The van der Waals surface area contributed by atoms with Gasteiger partial charge in [0.25, 0.3) is 0 Å². The molecule has 0 atom stereocenters. The summed E-state index contributed by atoms with van der Waals surface area (Å²) in [4.78, 5) is 1.34. The second-order valence-electron chi connectivity index (χ2n) is 4.61. The van der Waals surface area contributed by atoms with Crippen molar-refractivity contribution in [1.82, 2.24) is 5.32 Å². The Balaban J connectivity index is 2.41. The molecular weight excluding hydrogens is 266 g/mol. The third-order valence-electron chi connectivity index (χ3n) is 2.80. The first kappa shape index (κ1) is 13.8. The lowest BCUT2D eigenvalue weighted by Gasteiger charge is -2.08. The normalized spacial score (nSPS) is 11.6. The molecule has 1 aromatic carbocycles. The summed E-state index contributed by atoms with van der Waals surface area (Å²) in [5.74, 6) is 0. The number of benzene rings is 1. The van der Waals surface area contributed by atoms with Gasteiger partial charge in [0, 0.05) is 39.9 Å². The summed E-state index contributed by atoms with van der Waals surface area (Å²) in [5, 5.41) is 5.45. The molecule has 0 unspecified atom stereocenters. The maximum Gasteiger partial charge on any atom is 0.0730 e. The fourth-order valence-electron chi connectivity index (χ4n) is 1.91.